The van der Waals surface area contributed by atoms with E-state index < -0.39 is 6.10 Å². The summed E-state index contributed by atoms with van der Waals surface area (Å²) in [6, 6.07) is 18.1. The molecule has 1 fully saturated rings. The number of rotatable bonds is 4. The Morgan fingerprint density at radius 3 is 2.15 bits per heavy atom. The molecule has 3 rings (SSSR count). The molecular formula is C18H20O2. The standard InChI is InChI=1S/C18H20O2/c1-20-16-10-8-14(9-11-16)17(19)18(12-5-13-18)15-6-3-2-4-7-15/h2-4,6-11,17,19H,5,12-13H2,1H3. The predicted octanol–water partition coefficient (Wildman–Crippen LogP) is 3.85. The van der Waals surface area contributed by atoms with Gasteiger partial charge in [-0.3, -0.25) is 0 Å². The van der Waals surface area contributed by atoms with E-state index in [0.29, 0.717) is 0 Å². The van der Waals surface area contributed by atoms with Gasteiger partial charge < -0.3 is 9.84 Å². The van der Waals surface area contributed by atoms with Crippen LogP contribution in [0.25, 0.3) is 0 Å². The summed E-state index contributed by atoms with van der Waals surface area (Å²) < 4.78 is 5.18. The van der Waals surface area contributed by atoms with Crippen molar-refractivity contribution in [2.75, 3.05) is 7.11 Å². The lowest BCUT2D eigenvalue weighted by Crippen LogP contribution is -2.40. The summed E-state index contributed by atoms with van der Waals surface area (Å²) in [6.07, 6.45) is 2.82. The van der Waals surface area contributed by atoms with Crippen LogP contribution >= 0.6 is 0 Å². The predicted molar refractivity (Wildman–Crippen MR) is 79.9 cm³/mol. The average molecular weight is 268 g/mol. The molecule has 2 nitrogen and oxygen atoms in total. The van der Waals surface area contributed by atoms with Crippen LogP contribution in [0.15, 0.2) is 54.6 Å². The van der Waals surface area contributed by atoms with E-state index >= 15 is 0 Å². The second-order valence-corrected chi connectivity index (χ2v) is 5.55. The quantitative estimate of drug-likeness (QED) is 0.912. The minimum absolute atomic E-state index is 0.115. The van der Waals surface area contributed by atoms with Gasteiger partial charge in [0.05, 0.1) is 13.2 Å². The zero-order valence-corrected chi connectivity index (χ0v) is 11.8. The van der Waals surface area contributed by atoms with Gasteiger partial charge in [-0.1, -0.05) is 48.9 Å². The van der Waals surface area contributed by atoms with E-state index in [2.05, 4.69) is 24.3 Å². The summed E-state index contributed by atoms with van der Waals surface area (Å²) in [5, 5.41) is 10.9. The Morgan fingerprint density at radius 2 is 1.65 bits per heavy atom. The molecule has 2 aromatic rings. The number of aliphatic hydroxyl groups is 1. The second kappa shape index (κ2) is 5.29. The SMILES string of the molecule is COc1ccc(C(O)C2(c3ccccc3)CCC2)cc1. The molecule has 1 aliphatic rings. The molecule has 0 saturated heterocycles. The van der Waals surface area contributed by atoms with Crippen molar-refractivity contribution in [1.29, 1.82) is 0 Å². The fourth-order valence-corrected chi connectivity index (χ4v) is 3.15. The molecule has 1 unspecified atom stereocenters. The first-order valence-corrected chi connectivity index (χ1v) is 7.14. The third kappa shape index (κ3) is 2.10. The molecule has 2 heteroatoms. The number of hydrogen-bond donors (Lipinski definition) is 1. The summed E-state index contributed by atoms with van der Waals surface area (Å²) in [5.41, 5.74) is 2.10. The van der Waals surface area contributed by atoms with Gasteiger partial charge in [-0.15, -0.1) is 0 Å². The highest BCUT2D eigenvalue weighted by Gasteiger charge is 2.45. The Hall–Kier alpha value is -1.80. The number of ether oxygens (including phenoxy) is 1. The van der Waals surface area contributed by atoms with Crippen molar-refractivity contribution in [2.24, 2.45) is 0 Å². The molecule has 0 aromatic heterocycles. The van der Waals surface area contributed by atoms with E-state index in [1.807, 2.05) is 30.3 Å². The molecule has 0 bridgehead atoms. The highest BCUT2D eigenvalue weighted by atomic mass is 16.5. The van der Waals surface area contributed by atoms with Crippen molar-refractivity contribution in [3.8, 4) is 5.75 Å². The zero-order valence-electron chi connectivity index (χ0n) is 11.8. The molecule has 0 aliphatic heterocycles. The average Bonchev–Trinajstić information content (AvgIpc) is 2.47. The molecule has 1 saturated carbocycles. The van der Waals surface area contributed by atoms with Gasteiger partial charge in [0.15, 0.2) is 0 Å². The lowest BCUT2D eigenvalue weighted by atomic mass is 9.60. The fourth-order valence-electron chi connectivity index (χ4n) is 3.15. The maximum atomic E-state index is 10.9. The van der Waals surface area contributed by atoms with Crippen LogP contribution in [-0.2, 0) is 5.41 Å². The Morgan fingerprint density at radius 1 is 1.00 bits per heavy atom. The summed E-state index contributed by atoms with van der Waals surface area (Å²) >= 11 is 0. The number of hydrogen-bond acceptors (Lipinski definition) is 2. The van der Waals surface area contributed by atoms with Gasteiger partial charge >= 0.3 is 0 Å². The summed E-state index contributed by atoms with van der Waals surface area (Å²) in [4.78, 5) is 0. The highest BCUT2D eigenvalue weighted by Crippen LogP contribution is 2.52. The molecule has 0 heterocycles. The lowest BCUT2D eigenvalue weighted by Gasteiger charge is -2.46. The first kappa shape index (κ1) is 13.2. The molecule has 1 aliphatic carbocycles. The van der Waals surface area contributed by atoms with Crippen molar-refractivity contribution in [2.45, 2.75) is 30.8 Å². The largest absolute Gasteiger partial charge is 0.497 e. The minimum Gasteiger partial charge on any atom is -0.497 e. The van der Waals surface area contributed by atoms with E-state index in [9.17, 15) is 5.11 Å². The normalized spacial score (nSPS) is 18.1. The van der Waals surface area contributed by atoms with Crippen LogP contribution in [0.3, 0.4) is 0 Å². The van der Waals surface area contributed by atoms with E-state index in [0.717, 1.165) is 24.2 Å². The van der Waals surface area contributed by atoms with Crippen molar-refractivity contribution in [3.63, 3.8) is 0 Å². The minimum atomic E-state index is -0.454. The topological polar surface area (TPSA) is 29.5 Å². The third-order valence-electron chi connectivity index (χ3n) is 4.55. The number of methoxy groups -OCH3 is 1. The maximum Gasteiger partial charge on any atom is 0.118 e. The maximum absolute atomic E-state index is 10.9. The summed E-state index contributed by atoms with van der Waals surface area (Å²) in [7, 11) is 1.66. The highest BCUT2D eigenvalue weighted by molar-refractivity contribution is 5.36. The van der Waals surface area contributed by atoms with E-state index in [1.165, 1.54) is 12.0 Å². The smallest absolute Gasteiger partial charge is 0.118 e. The van der Waals surface area contributed by atoms with Gasteiger partial charge in [0.25, 0.3) is 0 Å². The monoisotopic (exact) mass is 268 g/mol. The molecule has 0 radical (unpaired) electrons. The van der Waals surface area contributed by atoms with Crippen LogP contribution in [-0.4, -0.2) is 12.2 Å². The van der Waals surface area contributed by atoms with Gasteiger partial charge in [0.2, 0.25) is 0 Å². The van der Waals surface area contributed by atoms with Crippen LogP contribution < -0.4 is 4.74 Å². The van der Waals surface area contributed by atoms with Crippen molar-refractivity contribution in [3.05, 3.63) is 65.7 Å². The Labute approximate surface area is 120 Å². The Bertz CT molecular complexity index is 556. The molecule has 20 heavy (non-hydrogen) atoms. The molecule has 0 spiro atoms. The van der Waals surface area contributed by atoms with Gasteiger partial charge in [0.1, 0.15) is 5.75 Å². The first-order valence-electron chi connectivity index (χ1n) is 7.14. The zero-order chi connectivity index (χ0) is 14.0. The number of aliphatic hydroxyl groups excluding tert-OH is 1. The van der Waals surface area contributed by atoms with E-state index in [4.69, 9.17) is 4.74 Å². The van der Waals surface area contributed by atoms with Crippen molar-refractivity contribution >= 4 is 0 Å². The first-order chi connectivity index (χ1) is 9.76. The van der Waals surface area contributed by atoms with Crippen LogP contribution in [0, 0.1) is 0 Å². The van der Waals surface area contributed by atoms with E-state index in [-0.39, 0.29) is 5.41 Å². The molecular weight excluding hydrogens is 248 g/mol. The second-order valence-electron chi connectivity index (χ2n) is 5.55. The van der Waals surface area contributed by atoms with Crippen molar-refractivity contribution < 1.29 is 9.84 Å². The Balaban J connectivity index is 1.92. The van der Waals surface area contributed by atoms with Gasteiger partial charge in [-0.2, -0.15) is 0 Å². The molecule has 104 valence electrons. The molecule has 1 N–H and O–H groups in total. The van der Waals surface area contributed by atoms with Gasteiger partial charge in [-0.25, -0.2) is 0 Å². The number of benzene rings is 2. The van der Waals surface area contributed by atoms with Crippen molar-refractivity contribution in [1.82, 2.24) is 0 Å². The third-order valence-corrected chi connectivity index (χ3v) is 4.55. The van der Waals surface area contributed by atoms with Gasteiger partial charge in [-0.05, 0) is 36.1 Å². The molecule has 1 atom stereocenters. The fraction of sp³-hybridized carbons (Fsp3) is 0.333. The van der Waals surface area contributed by atoms with Crippen LogP contribution in [0.2, 0.25) is 0 Å². The van der Waals surface area contributed by atoms with Crippen LogP contribution in [0.1, 0.15) is 36.5 Å². The van der Waals surface area contributed by atoms with Gasteiger partial charge in [0, 0.05) is 5.41 Å². The van der Waals surface area contributed by atoms with Crippen LogP contribution in [0.5, 0.6) is 5.75 Å². The molecule has 2 aromatic carbocycles. The summed E-state index contributed by atoms with van der Waals surface area (Å²) in [5.74, 6) is 0.823. The van der Waals surface area contributed by atoms with Crippen LogP contribution in [0.4, 0.5) is 0 Å². The van der Waals surface area contributed by atoms with E-state index in [1.54, 1.807) is 7.11 Å². The Kier molecular flexibility index (Phi) is 3.49. The molecule has 0 amide bonds. The lowest BCUT2D eigenvalue weighted by molar-refractivity contribution is 0.0268. The summed E-state index contributed by atoms with van der Waals surface area (Å²) in [6.45, 7) is 0.